The standard InChI is InChI=1S/C22H26F2N2O7/c1-12(26-21(28)33-22(2,3)4)14-7-8-16(31-19(27)15-10-29-11-25-15)18(17(14)32-20(23)24)30-9-13-5-6-13/h7-8,10-13,20H,5-6,9H2,1-4H3,(H,26,28)/t12-/m0/s1. The Labute approximate surface area is 189 Å². The van der Waals surface area contributed by atoms with Gasteiger partial charge in [-0.3, -0.25) is 0 Å². The maximum absolute atomic E-state index is 13.3. The summed E-state index contributed by atoms with van der Waals surface area (Å²) in [4.78, 5) is 28.2. The van der Waals surface area contributed by atoms with Gasteiger partial charge in [0.15, 0.2) is 23.6 Å². The summed E-state index contributed by atoms with van der Waals surface area (Å²) in [7, 11) is 0. The number of nitrogens with one attached hydrogen (secondary N) is 1. The number of amides is 1. The molecular formula is C22H26F2N2O7. The molecule has 1 N–H and O–H groups in total. The number of aromatic nitrogens is 1. The van der Waals surface area contributed by atoms with Crippen LogP contribution >= 0.6 is 0 Å². The van der Waals surface area contributed by atoms with Crippen LogP contribution in [0.4, 0.5) is 13.6 Å². The Morgan fingerprint density at radius 3 is 2.55 bits per heavy atom. The molecule has 3 rings (SSSR count). The molecule has 1 atom stereocenters. The fourth-order valence-corrected chi connectivity index (χ4v) is 2.84. The fraction of sp³-hybridized carbons (Fsp3) is 0.500. The Morgan fingerprint density at radius 1 is 1.24 bits per heavy atom. The van der Waals surface area contributed by atoms with Crippen LogP contribution in [0.25, 0.3) is 0 Å². The highest BCUT2D eigenvalue weighted by atomic mass is 19.3. The zero-order valence-corrected chi connectivity index (χ0v) is 18.7. The van der Waals surface area contributed by atoms with E-state index in [-0.39, 0.29) is 41.0 Å². The molecule has 1 amide bonds. The first-order valence-corrected chi connectivity index (χ1v) is 10.4. The molecule has 1 aromatic carbocycles. The molecule has 0 spiro atoms. The Hall–Kier alpha value is -3.37. The molecule has 1 aliphatic rings. The van der Waals surface area contributed by atoms with Crippen molar-refractivity contribution >= 4 is 12.1 Å². The molecule has 33 heavy (non-hydrogen) atoms. The molecule has 0 saturated heterocycles. The van der Waals surface area contributed by atoms with Crippen molar-refractivity contribution in [1.29, 1.82) is 0 Å². The summed E-state index contributed by atoms with van der Waals surface area (Å²) >= 11 is 0. The van der Waals surface area contributed by atoms with Gasteiger partial charge in [-0.2, -0.15) is 8.78 Å². The molecule has 9 nitrogen and oxygen atoms in total. The van der Waals surface area contributed by atoms with E-state index in [1.807, 2.05) is 0 Å². The van der Waals surface area contributed by atoms with Crippen molar-refractivity contribution in [2.45, 2.75) is 58.8 Å². The predicted octanol–water partition coefficient (Wildman–Crippen LogP) is 4.87. The van der Waals surface area contributed by atoms with E-state index in [9.17, 15) is 18.4 Å². The van der Waals surface area contributed by atoms with Gasteiger partial charge in [0.05, 0.1) is 12.6 Å². The molecule has 0 radical (unpaired) electrons. The first-order valence-electron chi connectivity index (χ1n) is 10.4. The van der Waals surface area contributed by atoms with Crippen LogP contribution in [0.2, 0.25) is 0 Å². The number of hydrogen-bond donors (Lipinski definition) is 1. The Balaban J connectivity index is 1.93. The van der Waals surface area contributed by atoms with Crippen molar-refractivity contribution in [3.05, 3.63) is 36.0 Å². The van der Waals surface area contributed by atoms with Gasteiger partial charge in [0.1, 0.15) is 11.9 Å². The molecule has 2 aromatic rings. The molecule has 0 bridgehead atoms. The normalized spacial score (nSPS) is 14.5. The number of rotatable bonds is 9. The number of oxazole rings is 1. The lowest BCUT2D eigenvalue weighted by atomic mass is 10.1. The SMILES string of the molecule is C[C@H](NC(=O)OC(C)(C)C)c1ccc(OC(=O)c2cocn2)c(OCC2CC2)c1OC(F)F. The maximum Gasteiger partial charge on any atom is 0.408 e. The number of hydrogen-bond acceptors (Lipinski definition) is 8. The number of alkyl halides is 2. The molecule has 11 heteroatoms. The number of halogens is 2. The van der Waals surface area contributed by atoms with Crippen LogP contribution in [0.3, 0.4) is 0 Å². The third-order valence-corrected chi connectivity index (χ3v) is 4.52. The van der Waals surface area contributed by atoms with Crippen molar-refractivity contribution < 1.29 is 41.7 Å². The topological polar surface area (TPSA) is 109 Å². The predicted molar refractivity (Wildman–Crippen MR) is 111 cm³/mol. The summed E-state index contributed by atoms with van der Waals surface area (Å²) in [6.45, 7) is 3.70. The molecule has 180 valence electrons. The summed E-state index contributed by atoms with van der Waals surface area (Å²) in [5.41, 5.74) is -0.666. The highest BCUT2D eigenvalue weighted by molar-refractivity contribution is 5.89. The third-order valence-electron chi connectivity index (χ3n) is 4.52. The highest BCUT2D eigenvalue weighted by Gasteiger charge is 2.29. The quantitative estimate of drug-likeness (QED) is 0.410. The summed E-state index contributed by atoms with van der Waals surface area (Å²) in [6, 6.07) is 1.98. The molecule has 1 saturated carbocycles. The van der Waals surface area contributed by atoms with Crippen LogP contribution in [0, 0.1) is 5.92 Å². The van der Waals surface area contributed by atoms with Crippen LogP contribution < -0.4 is 19.5 Å². The second-order valence-electron chi connectivity index (χ2n) is 8.58. The van der Waals surface area contributed by atoms with Crippen molar-refractivity contribution in [2.75, 3.05) is 6.61 Å². The smallest absolute Gasteiger partial charge is 0.408 e. The summed E-state index contributed by atoms with van der Waals surface area (Å²) in [6.07, 6.45) is 3.29. The van der Waals surface area contributed by atoms with Gasteiger partial charge in [0.2, 0.25) is 5.75 Å². The van der Waals surface area contributed by atoms with Gasteiger partial charge >= 0.3 is 18.7 Å². The Bertz CT molecular complexity index is 970. The lowest BCUT2D eigenvalue weighted by Gasteiger charge is -2.24. The van der Waals surface area contributed by atoms with Crippen LogP contribution in [-0.4, -0.2) is 35.9 Å². The van der Waals surface area contributed by atoms with Gasteiger partial charge in [-0.05, 0) is 58.6 Å². The number of esters is 1. The van der Waals surface area contributed by atoms with E-state index in [1.165, 1.54) is 12.1 Å². The van der Waals surface area contributed by atoms with E-state index in [2.05, 4.69) is 10.3 Å². The van der Waals surface area contributed by atoms with Gasteiger partial charge in [-0.1, -0.05) is 0 Å². The van der Waals surface area contributed by atoms with Gasteiger partial charge < -0.3 is 28.7 Å². The van der Waals surface area contributed by atoms with Gasteiger partial charge in [0, 0.05) is 5.56 Å². The fourth-order valence-electron chi connectivity index (χ4n) is 2.84. The molecule has 1 aliphatic carbocycles. The van der Waals surface area contributed by atoms with E-state index in [4.69, 9.17) is 23.4 Å². The van der Waals surface area contributed by atoms with E-state index in [0.29, 0.717) is 0 Å². The second-order valence-corrected chi connectivity index (χ2v) is 8.58. The van der Waals surface area contributed by atoms with E-state index < -0.39 is 30.3 Å². The van der Waals surface area contributed by atoms with Gasteiger partial charge in [0.25, 0.3) is 0 Å². The Kier molecular flexibility index (Phi) is 7.39. The molecule has 0 aliphatic heterocycles. The largest absolute Gasteiger partial charge is 0.486 e. The minimum absolute atomic E-state index is 0.108. The summed E-state index contributed by atoms with van der Waals surface area (Å²) in [5.74, 6) is -1.25. The third kappa shape index (κ3) is 7.06. The summed E-state index contributed by atoms with van der Waals surface area (Å²) in [5, 5.41) is 2.58. The van der Waals surface area contributed by atoms with Gasteiger partial charge in [-0.25, -0.2) is 14.6 Å². The first-order chi connectivity index (χ1) is 15.5. The minimum atomic E-state index is -3.19. The first kappa shape index (κ1) is 24.3. The van der Waals surface area contributed by atoms with Crippen molar-refractivity contribution in [1.82, 2.24) is 10.3 Å². The summed E-state index contributed by atoms with van der Waals surface area (Å²) < 4.78 is 52.5. The number of carbonyl (C=O) groups is 2. The number of carbonyl (C=O) groups excluding carboxylic acids is 2. The monoisotopic (exact) mass is 468 g/mol. The highest BCUT2D eigenvalue weighted by Crippen LogP contribution is 2.45. The van der Waals surface area contributed by atoms with Crippen LogP contribution in [0.15, 0.2) is 29.2 Å². The lowest BCUT2D eigenvalue weighted by molar-refractivity contribution is -0.0525. The number of ether oxygens (including phenoxy) is 4. The molecule has 0 unspecified atom stereocenters. The van der Waals surface area contributed by atoms with Crippen molar-refractivity contribution in [3.8, 4) is 17.2 Å². The van der Waals surface area contributed by atoms with E-state index >= 15 is 0 Å². The zero-order valence-electron chi connectivity index (χ0n) is 18.7. The number of benzene rings is 1. The molecule has 1 heterocycles. The minimum Gasteiger partial charge on any atom is -0.486 e. The van der Waals surface area contributed by atoms with Crippen molar-refractivity contribution in [2.24, 2.45) is 5.92 Å². The molecule has 1 aromatic heterocycles. The lowest BCUT2D eigenvalue weighted by Crippen LogP contribution is -2.34. The average molecular weight is 468 g/mol. The zero-order chi connectivity index (χ0) is 24.2. The van der Waals surface area contributed by atoms with Crippen molar-refractivity contribution in [3.63, 3.8) is 0 Å². The molecular weight excluding hydrogens is 442 g/mol. The Morgan fingerprint density at radius 2 is 1.97 bits per heavy atom. The van der Waals surface area contributed by atoms with Crippen LogP contribution in [-0.2, 0) is 4.74 Å². The van der Waals surface area contributed by atoms with Crippen LogP contribution in [0.5, 0.6) is 17.2 Å². The molecule has 1 fully saturated rings. The van der Waals surface area contributed by atoms with E-state index in [0.717, 1.165) is 25.5 Å². The van der Waals surface area contributed by atoms with E-state index in [1.54, 1.807) is 27.7 Å². The van der Waals surface area contributed by atoms with Gasteiger partial charge in [-0.15, -0.1) is 0 Å². The van der Waals surface area contributed by atoms with Crippen LogP contribution in [0.1, 0.15) is 62.6 Å². The maximum atomic E-state index is 13.3. The number of nitrogens with zero attached hydrogens (tertiary/aromatic N) is 1. The second kappa shape index (κ2) is 10.1. The number of alkyl carbamates (subject to hydrolysis) is 1. The average Bonchev–Trinajstić information content (AvgIpc) is 3.35.